The number of phenols is 1. The number of aromatic hydroxyl groups is 1. The van der Waals surface area contributed by atoms with E-state index in [4.69, 9.17) is 11.6 Å². The second-order valence-electron chi connectivity index (χ2n) is 9.72. The maximum Gasteiger partial charge on any atom is 0.269 e. The molecule has 0 spiro atoms. The predicted octanol–water partition coefficient (Wildman–Crippen LogP) is 7.20. The number of phenolic OH excluding ortho intramolecular Hbond substituents is 1. The van der Waals surface area contributed by atoms with E-state index in [1.165, 1.54) is 4.31 Å². The van der Waals surface area contributed by atoms with Crippen LogP contribution in [0.15, 0.2) is 59.5 Å². The summed E-state index contributed by atoms with van der Waals surface area (Å²) in [7, 11) is -4.10. The Morgan fingerprint density at radius 3 is 2.18 bits per heavy atom. The number of halogens is 1. The largest absolute Gasteiger partial charge is 0.508 e. The fraction of sp³-hybridized carbons (Fsp3) is 0.300. The number of anilines is 2. The van der Waals surface area contributed by atoms with Gasteiger partial charge < -0.3 is 5.11 Å². The van der Waals surface area contributed by atoms with Gasteiger partial charge in [-0.15, -0.1) is 0 Å². The predicted molar refractivity (Wildman–Crippen MR) is 156 cm³/mol. The van der Waals surface area contributed by atoms with Crippen LogP contribution in [0.4, 0.5) is 11.4 Å². The number of sulfonamides is 1. The molecule has 1 N–H and O–H groups in total. The van der Waals surface area contributed by atoms with Crippen LogP contribution in [0, 0.1) is 27.7 Å². The first-order chi connectivity index (χ1) is 18.0. The Morgan fingerprint density at radius 2 is 1.55 bits per heavy atom. The summed E-state index contributed by atoms with van der Waals surface area (Å²) in [5.41, 5.74) is 5.18. The van der Waals surface area contributed by atoms with Gasteiger partial charge in [-0.3, -0.25) is 9.88 Å². The number of fused-ring (bicyclic) bond motifs is 1. The molecule has 0 aliphatic rings. The van der Waals surface area contributed by atoms with E-state index in [0.29, 0.717) is 56.2 Å². The standard InChI is InChI=1S/C30H34ClN3O3S/c1-7-33(8-2)18-23-16-25(10-12-29(23)35)34(38(36,37)30-20(4)13-19(3)14-21(30)5)28-15-22(6)32-27-17-24(31)9-11-26(27)28/h9-17,35H,7-8,18H2,1-6H3. The molecule has 8 heteroatoms. The van der Waals surface area contributed by atoms with Crippen LogP contribution >= 0.6 is 11.6 Å². The molecule has 0 atom stereocenters. The van der Waals surface area contributed by atoms with Crippen LogP contribution in [0.1, 0.15) is 41.8 Å². The molecule has 0 aliphatic heterocycles. The first-order valence-electron chi connectivity index (χ1n) is 12.7. The summed E-state index contributed by atoms with van der Waals surface area (Å²) in [4.78, 5) is 7.04. The zero-order chi connectivity index (χ0) is 27.8. The molecule has 0 saturated heterocycles. The number of pyridine rings is 1. The summed E-state index contributed by atoms with van der Waals surface area (Å²) < 4.78 is 30.7. The second kappa shape index (κ2) is 10.9. The maximum absolute atomic E-state index is 14.6. The van der Waals surface area contributed by atoms with E-state index in [1.54, 1.807) is 42.5 Å². The molecule has 0 unspecified atom stereocenters. The van der Waals surface area contributed by atoms with Crippen molar-refractivity contribution < 1.29 is 13.5 Å². The fourth-order valence-corrected chi connectivity index (χ4v) is 7.15. The summed E-state index contributed by atoms with van der Waals surface area (Å²) in [5, 5.41) is 11.9. The Bertz CT molecular complexity index is 1590. The van der Waals surface area contributed by atoms with Gasteiger partial charge in [-0.05, 0) is 94.4 Å². The third-order valence-corrected chi connectivity index (χ3v) is 9.07. The lowest BCUT2D eigenvalue weighted by molar-refractivity contribution is 0.291. The van der Waals surface area contributed by atoms with E-state index in [9.17, 15) is 13.5 Å². The van der Waals surface area contributed by atoms with Crippen molar-refractivity contribution in [1.82, 2.24) is 9.88 Å². The second-order valence-corrected chi connectivity index (χ2v) is 11.9. The van der Waals surface area contributed by atoms with E-state index in [0.717, 1.165) is 18.7 Å². The van der Waals surface area contributed by atoms with Crippen molar-refractivity contribution in [2.75, 3.05) is 17.4 Å². The first-order valence-corrected chi connectivity index (χ1v) is 14.5. The number of hydrogen-bond acceptors (Lipinski definition) is 5. The van der Waals surface area contributed by atoms with Crippen LogP contribution in [0.2, 0.25) is 5.02 Å². The van der Waals surface area contributed by atoms with Gasteiger partial charge in [-0.25, -0.2) is 12.7 Å². The van der Waals surface area contributed by atoms with Gasteiger partial charge in [0, 0.05) is 28.2 Å². The Kier molecular flexibility index (Phi) is 8.02. The quantitative estimate of drug-likeness (QED) is 0.251. The highest BCUT2D eigenvalue weighted by molar-refractivity contribution is 7.93. The molecule has 4 rings (SSSR count). The summed E-state index contributed by atoms with van der Waals surface area (Å²) in [6.07, 6.45) is 0. The molecule has 0 bridgehead atoms. The molecular weight excluding hydrogens is 518 g/mol. The van der Waals surface area contributed by atoms with Gasteiger partial charge in [0.2, 0.25) is 0 Å². The Labute approximate surface area is 230 Å². The lowest BCUT2D eigenvalue weighted by atomic mass is 10.1. The Balaban J connectivity index is 2.05. The van der Waals surface area contributed by atoms with Crippen LogP contribution in [0.25, 0.3) is 10.9 Å². The normalized spacial score (nSPS) is 11.9. The fourth-order valence-electron chi connectivity index (χ4n) is 5.07. The molecule has 1 aromatic heterocycles. The van der Waals surface area contributed by atoms with E-state index >= 15 is 0 Å². The van der Waals surface area contributed by atoms with Gasteiger partial charge in [0.05, 0.1) is 21.8 Å². The first kappa shape index (κ1) is 27.9. The van der Waals surface area contributed by atoms with Crippen molar-refractivity contribution in [3.8, 4) is 5.75 Å². The van der Waals surface area contributed by atoms with Crippen LogP contribution in [-0.2, 0) is 16.6 Å². The maximum atomic E-state index is 14.6. The molecule has 200 valence electrons. The highest BCUT2D eigenvalue weighted by Crippen LogP contribution is 2.41. The van der Waals surface area contributed by atoms with Crippen molar-refractivity contribution in [1.29, 1.82) is 0 Å². The molecule has 0 fully saturated rings. The highest BCUT2D eigenvalue weighted by Gasteiger charge is 2.32. The zero-order valence-electron chi connectivity index (χ0n) is 22.7. The van der Waals surface area contributed by atoms with Gasteiger partial charge in [0.25, 0.3) is 10.0 Å². The monoisotopic (exact) mass is 551 g/mol. The van der Waals surface area contributed by atoms with Gasteiger partial charge in [0.1, 0.15) is 5.75 Å². The van der Waals surface area contributed by atoms with Crippen molar-refractivity contribution in [3.63, 3.8) is 0 Å². The number of benzene rings is 3. The van der Waals surface area contributed by atoms with Gasteiger partial charge in [0.15, 0.2) is 0 Å². The van der Waals surface area contributed by atoms with Gasteiger partial charge in [-0.2, -0.15) is 0 Å². The topological polar surface area (TPSA) is 73.7 Å². The molecule has 0 saturated carbocycles. The molecular formula is C30H34ClN3O3S. The van der Waals surface area contributed by atoms with Crippen LogP contribution in [-0.4, -0.2) is 36.5 Å². The third kappa shape index (κ3) is 5.37. The summed E-state index contributed by atoms with van der Waals surface area (Å²) in [6.45, 7) is 13.7. The molecule has 4 aromatic rings. The Morgan fingerprint density at radius 1 is 0.895 bits per heavy atom. The average molecular weight is 552 g/mol. The smallest absolute Gasteiger partial charge is 0.269 e. The summed E-state index contributed by atoms with van der Waals surface area (Å²) >= 11 is 6.27. The lowest BCUT2D eigenvalue weighted by Gasteiger charge is -2.29. The van der Waals surface area contributed by atoms with Crippen LogP contribution in [0.3, 0.4) is 0 Å². The molecule has 0 radical (unpaired) electrons. The molecule has 6 nitrogen and oxygen atoms in total. The zero-order valence-corrected chi connectivity index (χ0v) is 24.3. The van der Waals surface area contributed by atoms with Crippen molar-refractivity contribution in [2.24, 2.45) is 0 Å². The molecule has 1 heterocycles. The number of rotatable bonds is 8. The van der Waals surface area contributed by atoms with Crippen molar-refractivity contribution >= 4 is 43.9 Å². The number of aromatic nitrogens is 1. The van der Waals surface area contributed by atoms with E-state index in [-0.39, 0.29) is 10.6 Å². The highest BCUT2D eigenvalue weighted by atomic mass is 35.5. The molecule has 38 heavy (non-hydrogen) atoms. The third-order valence-electron chi connectivity index (χ3n) is 6.79. The molecule has 0 aliphatic carbocycles. The average Bonchev–Trinajstić information content (AvgIpc) is 2.82. The SMILES string of the molecule is CCN(CC)Cc1cc(N(c2cc(C)nc3cc(Cl)ccc23)S(=O)(=O)c2c(C)cc(C)cc2C)ccc1O. The van der Waals surface area contributed by atoms with Gasteiger partial charge >= 0.3 is 0 Å². The van der Waals surface area contributed by atoms with E-state index in [2.05, 4.69) is 23.7 Å². The number of hydrogen-bond donors (Lipinski definition) is 1. The number of nitrogens with zero attached hydrogens (tertiary/aromatic N) is 3. The minimum Gasteiger partial charge on any atom is -0.508 e. The Hall–Kier alpha value is -3.13. The van der Waals surface area contributed by atoms with E-state index in [1.807, 2.05) is 39.8 Å². The molecule has 3 aromatic carbocycles. The minimum absolute atomic E-state index is 0.128. The van der Waals surface area contributed by atoms with Crippen LogP contribution in [0.5, 0.6) is 5.75 Å². The van der Waals surface area contributed by atoms with Crippen molar-refractivity contribution in [2.45, 2.75) is 53.0 Å². The minimum atomic E-state index is -4.10. The number of aryl methyl sites for hydroxylation is 4. The van der Waals surface area contributed by atoms with Crippen molar-refractivity contribution in [3.05, 3.63) is 87.6 Å². The van der Waals surface area contributed by atoms with Crippen LogP contribution < -0.4 is 4.31 Å². The van der Waals surface area contributed by atoms with E-state index < -0.39 is 10.0 Å². The summed E-state index contributed by atoms with van der Waals surface area (Å²) in [6, 6.07) is 15.8. The summed E-state index contributed by atoms with van der Waals surface area (Å²) in [5.74, 6) is 0.128. The van der Waals surface area contributed by atoms with Gasteiger partial charge in [-0.1, -0.05) is 43.1 Å². The lowest BCUT2D eigenvalue weighted by Crippen LogP contribution is -2.28. The molecule has 0 amide bonds.